The van der Waals surface area contributed by atoms with Crippen LogP contribution in [0.1, 0.15) is 11.1 Å². The molecule has 2 heterocycles. The van der Waals surface area contributed by atoms with Crippen LogP contribution >= 0.6 is 0 Å². The van der Waals surface area contributed by atoms with Gasteiger partial charge < -0.3 is 15.2 Å². The second-order valence-electron chi connectivity index (χ2n) is 5.87. The van der Waals surface area contributed by atoms with Crippen LogP contribution < -0.4 is 11.1 Å². The summed E-state index contributed by atoms with van der Waals surface area (Å²) < 4.78 is 23.9. The van der Waals surface area contributed by atoms with E-state index < -0.39 is 21.0 Å². The highest BCUT2D eigenvalue weighted by Crippen LogP contribution is 2.16. The van der Waals surface area contributed by atoms with Crippen LogP contribution in [0.25, 0.3) is 5.69 Å². The number of benzene rings is 1. The number of rotatable bonds is 2. The van der Waals surface area contributed by atoms with Gasteiger partial charge in [0.05, 0.1) is 4.90 Å². The molecule has 0 spiro atoms. The zero-order chi connectivity index (χ0) is 22.5. The first-order chi connectivity index (χ1) is 14.1. The average molecular weight is 426 g/mol. The Bertz CT molecular complexity index is 1390. The first-order valence-corrected chi connectivity index (χ1v) is 9.94. The van der Waals surface area contributed by atoms with E-state index in [1.54, 1.807) is 12.1 Å². The predicted octanol–water partition coefficient (Wildman–Crippen LogP) is 0.770. The van der Waals surface area contributed by atoms with E-state index in [1.165, 1.54) is 30.5 Å². The maximum absolute atomic E-state index is 11.8. The molecule has 0 unspecified atom stereocenters. The number of hydrogen-bond donors (Lipinski definition) is 3. The van der Waals surface area contributed by atoms with Gasteiger partial charge in [0, 0.05) is 36.5 Å². The number of aromatic amines is 1. The minimum atomic E-state index is -3.31. The van der Waals surface area contributed by atoms with Crippen LogP contribution in [0.5, 0.6) is 11.5 Å². The smallest absolute Gasteiger partial charge is 0.258 e. The van der Waals surface area contributed by atoms with E-state index in [0.29, 0.717) is 5.69 Å². The van der Waals surface area contributed by atoms with E-state index in [1.807, 2.05) is 0 Å². The molecule has 0 aliphatic carbocycles. The molecule has 0 aliphatic rings. The molecule has 0 atom stereocenters. The van der Waals surface area contributed by atoms with Gasteiger partial charge in [0.25, 0.3) is 11.1 Å². The number of aromatic nitrogens is 2. The third-order valence-electron chi connectivity index (χ3n) is 3.72. The molecule has 3 aromatic rings. The normalized spacial score (nSPS) is 10.2. The summed E-state index contributed by atoms with van der Waals surface area (Å²) in [4.78, 5) is 24.6. The number of pyridine rings is 2. The van der Waals surface area contributed by atoms with E-state index in [2.05, 4.69) is 4.98 Å². The number of hydrogen-bond acceptors (Lipinski definition) is 8. The molecule has 11 heteroatoms. The van der Waals surface area contributed by atoms with E-state index in [-0.39, 0.29) is 27.5 Å². The van der Waals surface area contributed by atoms with Crippen molar-refractivity contribution in [1.29, 1.82) is 10.5 Å². The highest BCUT2D eigenvalue weighted by Gasteiger charge is 2.09. The molecule has 3 N–H and O–H groups in total. The second-order valence-corrected chi connectivity index (χ2v) is 7.88. The number of nitriles is 2. The van der Waals surface area contributed by atoms with Crippen LogP contribution in [0.4, 0.5) is 0 Å². The van der Waals surface area contributed by atoms with E-state index in [9.17, 15) is 23.1 Å². The van der Waals surface area contributed by atoms with Crippen molar-refractivity contribution in [3.05, 3.63) is 80.6 Å². The minimum absolute atomic E-state index is 0.0446. The largest absolute Gasteiger partial charge is 0.506 e. The van der Waals surface area contributed by atoms with Crippen LogP contribution in [-0.4, -0.2) is 34.4 Å². The first-order valence-electron chi connectivity index (χ1n) is 8.05. The highest BCUT2D eigenvalue weighted by molar-refractivity contribution is 7.90. The summed E-state index contributed by atoms with van der Waals surface area (Å²) in [7, 11) is -3.31. The lowest BCUT2D eigenvalue weighted by molar-refractivity contribution is 0.470. The lowest BCUT2D eigenvalue weighted by atomic mass is 10.2. The molecule has 0 saturated heterocycles. The quantitative estimate of drug-likeness (QED) is 0.538. The van der Waals surface area contributed by atoms with E-state index >= 15 is 0 Å². The average Bonchev–Trinajstić information content (AvgIpc) is 2.68. The van der Waals surface area contributed by atoms with Crippen LogP contribution in [0.3, 0.4) is 0 Å². The number of aromatic hydroxyl groups is 2. The summed E-state index contributed by atoms with van der Waals surface area (Å²) in [5.41, 5.74) is -0.514. The van der Waals surface area contributed by atoms with Gasteiger partial charge in [0.15, 0.2) is 9.84 Å². The van der Waals surface area contributed by atoms with Crippen LogP contribution in [0, 0.1) is 22.7 Å². The van der Waals surface area contributed by atoms with Gasteiger partial charge in [-0.2, -0.15) is 10.5 Å². The van der Waals surface area contributed by atoms with Gasteiger partial charge in [-0.05, 0) is 24.3 Å². The molecule has 3 rings (SSSR count). The second kappa shape index (κ2) is 8.77. The fraction of sp³-hybridized carbons (Fsp3) is 0.0526. The van der Waals surface area contributed by atoms with Crippen molar-refractivity contribution in [2.24, 2.45) is 0 Å². The summed E-state index contributed by atoms with van der Waals surface area (Å²) in [6, 6.07) is 11.0. The van der Waals surface area contributed by atoms with Gasteiger partial charge in [-0.25, -0.2) is 8.42 Å². The lowest BCUT2D eigenvalue weighted by Crippen LogP contribution is -2.17. The molecular formula is C19H14N4O6S. The summed E-state index contributed by atoms with van der Waals surface area (Å²) >= 11 is 0. The topological polar surface area (TPSA) is 177 Å². The van der Waals surface area contributed by atoms with Gasteiger partial charge in [-0.3, -0.25) is 14.2 Å². The third-order valence-corrected chi connectivity index (χ3v) is 4.85. The Hall–Kier alpha value is -4.35. The molecule has 0 radical (unpaired) electrons. The molecule has 0 bridgehead atoms. The van der Waals surface area contributed by atoms with Crippen LogP contribution in [-0.2, 0) is 9.84 Å². The molecule has 2 aromatic heterocycles. The number of nitrogens with zero attached hydrogens (tertiary/aromatic N) is 3. The van der Waals surface area contributed by atoms with Gasteiger partial charge in [-0.15, -0.1) is 0 Å². The molecule has 0 aliphatic heterocycles. The van der Waals surface area contributed by atoms with Crippen molar-refractivity contribution in [3.8, 4) is 29.3 Å². The molecular weight excluding hydrogens is 412 g/mol. The Morgan fingerprint density at radius 3 is 2.03 bits per heavy atom. The number of sulfone groups is 1. The maximum atomic E-state index is 11.8. The molecule has 152 valence electrons. The SMILES string of the molecule is CS(=O)(=O)c1ccc(-n2cc(C#N)c(O)cc2=O)cc1.N#Cc1c[nH]c(=O)cc1O. The van der Waals surface area contributed by atoms with Gasteiger partial charge in [0.2, 0.25) is 0 Å². The minimum Gasteiger partial charge on any atom is -0.506 e. The van der Waals surface area contributed by atoms with E-state index in [0.717, 1.165) is 29.2 Å². The summed E-state index contributed by atoms with van der Waals surface area (Å²) in [5, 5.41) is 35.4. The molecule has 0 amide bonds. The first kappa shape index (κ1) is 21.9. The molecule has 0 fully saturated rings. The van der Waals surface area contributed by atoms with Crippen molar-refractivity contribution in [2.75, 3.05) is 6.26 Å². The Labute approximate surface area is 170 Å². The van der Waals surface area contributed by atoms with Crippen molar-refractivity contribution in [1.82, 2.24) is 9.55 Å². The van der Waals surface area contributed by atoms with Crippen molar-refractivity contribution in [3.63, 3.8) is 0 Å². The standard InChI is InChI=1S/C13H10N2O4S.C6H4N2O2/c1-20(18,19)11-4-2-10(3-5-11)15-8-9(7-14)12(16)6-13(15)17;7-2-4-3-8-6(10)1-5(4)9/h2-6,8,16H,1H3;1,3H,(H2,8,9,10). The Kier molecular flexibility index (Phi) is 6.42. The monoisotopic (exact) mass is 426 g/mol. The molecule has 30 heavy (non-hydrogen) atoms. The Balaban J connectivity index is 0.000000269. The maximum Gasteiger partial charge on any atom is 0.258 e. The summed E-state index contributed by atoms with van der Waals surface area (Å²) in [5.74, 6) is -0.673. The summed E-state index contributed by atoms with van der Waals surface area (Å²) in [6.45, 7) is 0. The molecule has 1 aromatic carbocycles. The van der Waals surface area contributed by atoms with Gasteiger partial charge >= 0.3 is 0 Å². The van der Waals surface area contributed by atoms with Gasteiger partial charge in [-0.1, -0.05) is 0 Å². The lowest BCUT2D eigenvalue weighted by Gasteiger charge is -2.07. The summed E-state index contributed by atoms with van der Waals surface area (Å²) in [6.07, 6.45) is 3.45. The molecule has 0 saturated carbocycles. The Morgan fingerprint density at radius 2 is 1.53 bits per heavy atom. The Morgan fingerprint density at radius 1 is 0.967 bits per heavy atom. The number of nitrogens with one attached hydrogen (secondary N) is 1. The fourth-order valence-electron chi connectivity index (χ4n) is 2.22. The van der Waals surface area contributed by atoms with Crippen LogP contribution in [0.15, 0.2) is 63.3 Å². The van der Waals surface area contributed by atoms with Crippen LogP contribution in [0.2, 0.25) is 0 Å². The fourth-order valence-corrected chi connectivity index (χ4v) is 2.85. The highest BCUT2D eigenvalue weighted by atomic mass is 32.2. The predicted molar refractivity (Wildman–Crippen MR) is 105 cm³/mol. The van der Waals surface area contributed by atoms with Crippen molar-refractivity contribution >= 4 is 9.84 Å². The molecule has 10 nitrogen and oxygen atoms in total. The zero-order valence-electron chi connectivity index (χ0n) is 15.4. The third kappa shape index (κ3) is 5.13. The van der Waals surface area contributed by atoms with Crippen molar-refractivity contribution < 1.29 is 18.6 Å². The number of H-pyrrole nitrogens is 1. The van der Waals surface area contributed by atoms with Gasteiger partial charge in [0.1, 0.15) is 34.8 Å². The van der Waals surface area contributed by atoms with E-state index in [4.69, 9.17) is 15.6 Å². The zero-order valence-corrected chi connectivity index (χ0v) is 16.2. The van der Waals surface area contributed by atoms with Crippen molar-refractivity contribution in [2.45, 2.75) is 4.90 Å².